The predicted molar refractivity (Wildman–Crippen MR) is 108 cm³/mol. The lowest BCUT2D eigenvalue weighted by Gasteiger charge is -2.31. The average Bonchev–Trinajstić information content (AvgIpc) is 2.70. The molecule has 0 saturated carbocycles. The van der Waals surface area contributed by atoms with Gasteiger partial charge < -0.3 is 24.4 Å². The number of amides is 1. The standard InChI is InChI=1S/C19H23BrN4O4/c1-12(2)28-16-8-13(17-10-24(11-25)6-7-27-17)4-5-15(16)22-19-21-9-14(20)18(23-19)26-3/h4-5,8-9,11-12,17H,6-7,10H2,1-3H3,(H,21,22,23). The van der Waals surface area contributed by atoms with Crippen LogP contribution in [0.3, 0.4) is 0 Å². The Bertz CT molecular complexity index is 834. The maximum absolute atomic E-state index is 11.1. The summed E-state index contributed by atoms with van der Waals surface area (Å²) < 4.78 is 17.7. The van der Waals surface area contributed by atoms with Gasteiger partial charge in [-0.25, -0.2) is 4.98 Å². The molecule has 150 valence electrons. The maximum atomic E-state index is 11.1. The summed E-state index contributed by atoms with van der Waals surface area (Å²) in [5.74, 6) is 1.48. The smallest absolute Gasteiger partial charge is 0.232 e. The lowest BCUT2D eigenvalue weighted by atomic mass is 10.1. The fourth-order valence-electron chi connectivity index (χ4n) is 2.84. The molecule has 1 aromatic carbocycles. The normalized spacial score (nSPS) is 16.8. The van der Waals surface area contributed by atoms with Gasteiger partial charge in [0.25, 0.3) is 0 Å². The monoisotopic (exact) mass is 450 g/mol. The summed E-state index contributed by atoms with van der Waals surface area (Å²) in [6.07, 6.45) is 2.27. The summed E-state index contributed by atoms with van der Waals surface area (Å²) >= 11 is 3.34. The van der Waals surface area contributed by atoms with Crippen LogP contribution in [-0.2, 0) is 9.53 Å². The highest BCUT2D eigenvalue weighted by Crippen LogP contribution is 2.33. The van der Waals surface area contributed by atoms with Crippen LogP contribution in [0.5, 0.6) is 11.6 Å². The molecule has 0 spiro atoms. The van der Waals surface area contributed by atoms with Gasteiger partial charge in [-0.3, -0.25) is 4.79 Å². The van der Waals surface area contributed by atoms with Crippen LogP contribution in [-0.4, -0.2) is 54.2 Å². The second-order valence-corrected chi connectivity index (χ2v) is 7.41. The van der Waals surface area contributed by atoms with E-state index in [0.29, 0.717) is 41.7 Å². The van der Waals surface area contributed by atoms with Crippen LogP contribution in [0, 0.1) is 0 Å². The van der Waals surface area contributed by atoms with Gasteiger partial charge in [-0.1, -0.05) is 6.07 Å². The zero-order valence-electron chi connectivity index (χ0n) is 16.0. The van der Waals surface area contributed by atoms with Crippen molar-refractivity contribution in [1.29, 1.82) is 0 Å². The van der Waals surface area contributed by atoms with E-state index in [2.05, 4.69) is 31.2 Å². The number of ether oxygens (including phenoxy) is 3. The van der Waals surface area contributed by atoms with Crippen LogP contribution in [0.1, 0.15) is 25.5 Å². The van der Waals surface area contributed by atoms with Crippen LogP contribution in [0.2, 0.25) is 0 Å². The van der Waals surface area contributed by atoms with E-state index in [1.54, 1.807) is 18.2 Å². The van der Waals surface area contributed by atoms with E-state index in [1.807, 2.05) is 32.0 Å². The number of nitrogens with zero attached hydrogens (tertiary/aromatic N) is 3. The molecule has 2 heterocycles. The number of rotatable bonds is 7. The molecule has 8 nitrogen and oxygen atoms in total. The number of morpholine rings is 1. The second-order valence-electron chi connectivity index (χ2n) is 6.56. The topological polar surface area (TPSA) is 85.8 Å². The van der Waals surface area contributed by atoms with E-state index < -0.39 is 0 Å². The van der Waals surface area contributed by atoms with Crippen molar-refractivity contribution >= 4 is 34.0 Å². The van der Waals surface area contributed by atoms with Crippen LogP contribution >= 0.6 is 15.9 Å². The van der Waals surface area contributed by atoms with Crippen molar-refractivity contribution in [1.82, 2.24) is 14.9 Å². The lowest BCUT2D eigenvalue weighted by molar-refractivity contribution is -0.125. The lowest BCUT2D eigenvalue weighted by Crippen LogP contribution is -2.37. The van der Waals surface area contributed by atoms with Gasteiger partial charge in [0.15, 0.2) is 0 Å². The third-order valence-electron chi connectivity index (χ3n) is 4.14. The van der Waals surface area contributed by atoms with E-state index in [0.717, 1.165) is 17.7 Å². The largest absolute Gasteiger partial charge is 0.489 e. The summed E-state index contributed by atoms with van der Waals surface area (Å²) in [7, 11) is 1.55. The summed E-state index contributed by atoms with van der Waals surface area (Å²) in [6.45, 7) is 5.56. The number of carbonyl (C=O) groups is 1. The van der Waals surface area contributed by atoms with Gasteiger partial charge >= 0.3 is 0 Å². The highest BCUT2D eigenvalue weighted by Gasteiger charge is 2.22. The molecule has 1 unspecified atom stereocenters. The Kier molecular flexibility index (Phi) is 6.69. The number of hydrogen-bond acceptors (Lipinski definition) is 7. The summed E-state index contributed by atoms with van der Waals surface area (Å²) in [4.78, 5) is 21.4. The highest BCUT2D eigenvalue weighted by atomic mass is 79.9. The molecule has 2 aromatic rings. The molecular weight excluding hydrogens is 428 g/mol. The number of methoxy groups -OCH3 is 1. The molecule has 1 aliphatic heterocycles. The number of aromatic nitrogens is 2. The number of hydrogen-bond donors (Lipinski definition) is 1. The van der Waals surface area contributed by atoms with Gasteiger partial charge in [0.2, 0.25) is 18.2 Å². The number of carbonyl (C=O) groups excluding carboxylic acids is 1. The first-order valence-electron chi connectivity index (χ1n) is 8.95. The zero-order valence-corrected chi connectivity index (χ0v) is 17.6. The zero-order chi connectivity index (χ0) is 20.1. The SMILES string of the molecule is COc1nc(Nc2ccc(C3CN(C=O)CCO3)cc2OC(C)C)ncc1Br. The van der Waals surface area contributed by atoms with Gasteiger partial charge in [-0.15, -0.1) is 0 Å². The van der Waals surface area contributed by atoms with Crippen LogP contribution < -0.4 is 14.8 Å². The van der Waals surface area contributed by atoms with Gasteiger partial charge in [0.1, 0.15) is 11.9 Å². The molecule has 0 radical (unpaired) electrons. The molecule has 1 aromatic heterocycles. The molecule has 1 N–H and O–H groups in total. The quantitative estimate of drug-likeness (QED) is 0.647. The maximum Gasteiger partial charge on any atom is 0.232 e. The Morgan fingerprint density at radius 3 is 2.96 bits per heavy atom. The first kappa shape index (κ1) is 20.3. The van der Waals surface area contributed by atoms with Gasteiger partial charge in [-0.2, -0.15) is 4.98 Å². The third-order valence-corrected chi connectivity index (χ3v) is 4.68. The molecular formula is C19H23BrN4O4. The van der Waals surface area contributed by atoms with Crippen molar-refractivity contribution in [2.75, 3.05) is 32.1 Å². The van der Waals surface area contributed by atoms with Gasteiger partial charge in [0, 0.05) is 6.54 Å². The fourth-order valence-corrected chi connectivity index (χ4v) is 3.19. The number of benzene rings is 1. The van der Waals surface area contributed by atoms with E-state index >= 15 is 0 Å². The first-order valence-corrected chi connectivity index (χ1v) is 9.74. The first-order chi connectivity index (χ1) is 13.5. The van der Waals surface area contributed by atoms with E-state index in [4.69, 9.17) is 14.2 Å². The Morgan fingerprint density at radius 1 is 1.43 bits per heavy atom. The van der Waals surface area contributed by atoms with Gasteiger partial charge in [0.05, 0.1) is 42.7 Å². The van der Waals surface area contributed by atoms with Crippen molar-refractivity contribution in [3.8, 4) is 11.6 Å². The molecule has 0 bridgehead atoms. The summed E-state index contributed by atoms with van der Waals surface area (Å²) in [5.41, 5.74) is 1.67. The van der Waals surface area contributed by atoms with Crippen molar-refractivity contribution in [2.24, 2.45) is 0 Å². The number of nitrogens with one attached hydrogen (secondary N) is 1. The molecule has 1 fully saturated rings. The van der Waals surface area contributed by atoms with Crippen molar-refractivity contribution in [2.45, 2.75) is 26.1 Å². The Balaban J connectivity index is 1.87. The molecule has 0 aliphatic carbocycles. The summed E-state index contributed by atoms with van der Waals surface area (Å²) in [5, 5.41) is 3.17. The Morgan fingerprint density at radius 2 is 2.25 bits per heavy atom. The van der Waals surface area contributed by atoms with Crippen molar-refractivity contribution in [3.63, 3.8) is 0 Å². The molecule has 9 heteroatoms. The minimum atomic E-state index is -0.188. The van der Waals surface area contributed by atoms with Crippen molar-refractivity contribution in [3.05, 3.63) is 34.4 Å². The highest BCUT2D eigenvalue weighted by molar-refractivity contribution is 9.10. The molecule has 1 atom stereocenters. The van der Waals surface area contributed by atoms with Crippen molar-refractivity contribution < 1.29 is 19.0 Å². The summed E-state index contributed by atoms with van der Waals surface area (Å²) in [6, 6.07) is 5.77. The van der Waals surface area contributed by atoms with E-state index in [9.17, 15) is 4.79 Å². The Hall–Kier alpha value is -2.39. The number of halogens is 1. The molecule has 1 amide bonds. The van der Waals surface area contributed by atoms with Crippen LogP contribution in [0.25, 0.3) is 0 Å². The Labute approximate surface area is 172 Å². The third kappa shape index (κ3) is 4.90. The molecule has 1 saturated heterocycles. The van der Waals surface area contributed by atoms with Crippen LogP contribution in [0.15, 0.2) is 28.9 Å². The number of anilines is 2. The minimum Gasteiger partial charge on any atom is -0.489 e. The average molecular weight is 451 g/mol. The van der Waals surface area contributed by atoms with Crippen LogP contribution in [0.4, 0.5) is 11.6 Å². The van der Waals surface area contributed by atoms with Gasteiger partial charge in [-0.05, 0) is 47.5 Å². The van der Waals surface area contributed by atoms with E-state index in [1.165, 1.54) is 0 Å². The predicted octanol–water partition coefficient (Wildman–Crippen LogP) is 3.31. The van der Waals surface area contributed by atoms with E-state index in [-0.39, 0.29) is 12.2 Å². The molecule has 1 aliphatic rings. The fraction of sp³-hybridized carbons (Fsp3) is 0.421. The molecule has 28 heavy (non-hydrogen) atoms. The second kappa shape index (κ2) is 9.20. The minimum absolute atomic E-state index is 0.0186. The molecule has 3 rings (SSSR count).